The van der Waals surface area contributed by atoms with Crippen LogP contribution >= 0.6 is 23.2 Å². The van der Waals surface area contributed by atoms with Crippen LogP contribution in [0.15, 0.2) is 42.5 Å². The molecule has 0 heterocycles. The van der Waals surface area contributed by atoms with Crippen molar-refractivity contribution in [2.24, 2.45) is 0 Å². The average molecular weight is 324 g/mol. The van der Waals surface area contributed by atoms with Crippen LogP contribution in [0.4, 0.5) is 0 Å². The SMILES string of the molecule is COc1ccc(CNC(=O)Cc2ccc(Cl)c(Cl)c2)cc1. The molecule has 0 saturated carbocycles. The lowest BCUT2D eigenvalue weighted by Gasteiger charge is -2.07. The highest BCUT2D eigenvalue weighted by Gasteiger charge is 2.06. The van der Waals surface area contributed by atoms with Crippen molar-refractivity contribution in [3.05, 3.63) is 63.6 Å². The van der Waals surface area contributed by atoms with Crippen molar-refractivity contribution >= 4 is 29.1 Å². The number of rotatable bonds is 5. The van der Waals surface area contributed by atoms with Crippen LogP contribution in [0.5, 0.6) is 5.75 Å². The molecule has 21 heavy (non-hydrogen) atoms. The smallest absolute Gasteiger partial charge is 0.224 e. The van der Waals surface area contributed by atoms with Crippen molar-refractivity contribution in [1.82, 2.24) is 5.32 Å². The first kappa shape index (κ1) is 15.7. The van der Waals surface area contributed by atoms with Crippen LogP contribution in [-0.2, 0) is 17.8 Å². The monoisotopic (exact) mass is 323 g/mol. The van der Waals surface area contributed by atoms with Crippen LogP contribution in [0, 0.1) is 0 Å². The van der Waals surface area contributed by atoms with Gasteiger partial charge >= 0.3 is 0 Å². The van der Waals surface area contributed by atoms with Gasteiger partial charge in [0.2, 0.25) is 5.91 Å². The zero-order valence-corrected chi connectivity index (χ0v) is 13.0. The number of amides is 1. The summed E-state index contributed by atoms with van der Waals surface area (Å²) < 4.78 is 5.08. The Balaban J connectivity index is 1.87. The second kappa shape index (κ2) is 7.34. The molecule has 0 bridgehead atoms. The first-order valence-electron chi connectivity index (χ1n) is 6.42. The molecule has 0 radical (unpaired) electrons. The van der Waals surface area contributed by atoms with Gasteiger partial charge < -0.3 is 10.1 Å². The van der Waals surface area contributed by atoms with E-state index in [1.807, 2.05) is 24.3 Å². The summed E-state index contributed by atoms with van der Waals surface area (Å²) in [5, 5.41) is 3.80. The third-order valence-electron chi connectivity index (χ3n) is 3.00. The lowest BCUT2D eigenvalue weighted by molar-refractivity contribution is -0.120. The van der Waals surface area contributed by atoms with Gasteiger partial charge in [-0.25, -0.2) is 0 Å². The molecule has 0 aromatic heterocycles. The molecule has 2 rings (SSSR count). The quantitative estimate of drug-likeness (QED) is 0.907. The van der Waals surface area contributed by atoms with E-state index in [-0.39, 0.29) is 12.3 Å². The number of hydrogen-bond acceptors (Lipinski definition) is 2. The Labute approximate surface area is 133 Å². The number of carbonyl (C=O) groups is 1. The molecule has 3 nitrogen and oxygen atoms in total. The Hall–Kier alpha value is -1.71. The first-order chi connectivity index (χ1) is 10.1. The van der Waals surface area contributed by atoms with E-state index in [4.69, 9.17) is 27.9 Å². The fraction of sp³-hybridized carbons (Fsp3) is 0.188. The van der Waals surface area contributed by atoms with E-state index >= 15 is 0 Å². The number of methoxy groups -OCH3 is 1. The summed E-state index contributed by atoms with van der Waals surface area (Å²) >= 11 is 11.8. The molecule has 0 atom stereocenters. The minimum Gasteiger partial charge on any atom is -0.497 e. The van der Waals surface area contributed by atoms with Crippen LogP contribution in [0.1, 0.15) is 11.1 Å². The molecule has 110 valence electrons. The van der Waals surface area contributed by atoms with Crippen molar-refractivity contribution in [3.63, 3.8) is 0 Å². The Kier molecular flexibility index (Phi) is 5.48. The minimum atomic E-state index is -0.0655. The summed E-state index contributed by atoms with van der Waals surface area (Å²) in [4.78, 5) is 11.9. The molecule has 2 aromatic rings. The molecule has 5 heteroatoms. The topological polar surface area (TPSA) is 38.3 Å². The average Bonchev–Trinajstić information content (AvgIpc) is 2.49. The molecule has 0 aliphatic carbocycles. The number of hydrogen-bond donors (Lipinski definition) is 1. The third kappa shape index (κ3) is 4.66. The molecule has 2 aromatic carbocycles. The minimum absolute atomic E-state index is 0.0655. The van der Waals surface area contributed by atoms with Crippen LogP contribution < -0.4 is 10.1 Å². The molecule has 1 N–H and O–H groups in total. The molecular weight excluding hydrogens is 309 g/mol. The van der Waals surface area contributed by atoms with Gasteiger partial charge in [0.25, 0.3) is 0 Å². The van der Waals surface area contributed by atoms with E-state index in [2.05, 4.69) is 5.32 Å². The van der Waals surface area contributed by atoms with E-state index in [1.54, 1.807) is 25.3 Å². The molecule has 0 aliphatic heterocycles. The van der Waals surface area contributed by atoms with Gasteiger partial charge in [-0.15, -0.1) is 0 Å². The predicted molar refractivity (Wildman–Crippen MR) is 85.0 cm³/mol. The largest absolute Gasteiger partial charge is 0.497 e. The summed E-state index contributed by atoms with van der Waals surface area (Å²) in [7, 11) is 1.62. The standard InChI is InChI=1S/C16H15Cl2NO2/c1-21-13-5-2-11(3-6-13)10-19-16(20)9-12-4-7-14(17)15(18)8-12/h2-8H,9-10H2,1H3,(H,19,20). The van der Waals surface area contributed by atoms with Crippen LogP contribution in [0.2, 0.25) is 10.0 Å². The predicted octanol–water partition coefficient (Wildman–Crippen LogP) is 3.86. The van der Waals surface area contributed by atoms with Gasteiger partial charge in [0.1, 0.15) is 5.75 Å². The van der Waals surface area contributed by atoms with Crippen molar-refractivity contribution in [3.8, 4) is 5.75 Å². The van der Waals surface area contributed by atoms with E-state index in [0.29, 0.717) is 16.6 Å². The maximum Gasteiger partial charge on any atom is 0.224 e. The fourth-order valence-corrected chi connectivity index (χ4v) is 2.16. The van der Waals surface area contributed by atoms with Crippen LogP contribution in [0.3, 0.4) is 0 Å². The lowest BCUT2D eigenvalue weighted by Crippen LogP contribution is -2.24. The normalized spacial score (nSPS) is 10.2. The first-order valence-corrected chi connectivity index (χ1v) is 7.17. The summed E-state index contributed by atoms with van der Waals surface area (Å²) in [5.74, 6) is 0.727. The highest BCUT2D eigenvalue weighted by Crippen LogP contribution is 2.22. The molecule has 1 amide bonds. The maximum absolute atomic E-state index is 11.9. The Morgan fingerprint density at radius 2 is 1.71 bits per heavy atom. The molecule has 0 spiro atoms. The van der Waals surface area contributed by atoms with Crippen molar-refractivity contribution in [2.75, 3.05) is 7.11 Å². The van der Waals surface area contributed by atoms with Crippen LogP contribution in [-0.4, -0.2) is 13.0 Å². The summed E-state index contributed by atoms with van der Waals surface area (Å²) in [6.07, 6.45) is 0.271. The summed E-state index contributed by atoms with van der Waals surface area (Å²) in [6.45, 7) is 0.476. The number of halogens is 2. The van der Waals surface area contributed by atoms with Crippen molar-refractivity contribution < 1.29 is 9.53 Å². The highest BCUT2D eigenvalue weighted by atomic mass is 35.5. The second-order valence-corrected chi connectivity index (χ2v) is 5.36. The molecular formula is C16H15Cl2NO2. The molecule has 0 fully saturated rings. The lowest BCUT2D eigenvalue weighted by atomic mass is 10.1. The van der Waals surface area contributed by atoms with Gasteiger partial charge in [-0.2, -0.15) is 0 Å². The van der Waals surface area contributed by atoms with Crippen LogP contribution in [0.25, 0.3) is 0 Å². The maximum atomic E-state index is 11.9. The van der Waals surface area contributed by atoms with Crippen molar-refractivity contribution in [2.45, 2.75) is 13.0 Å². The van der Waals surface area contributed by atoms with E-state index in [9.17, 15) is 4.79 Å². The molecule has 0 saturated heterocycles. The van der Waals surface area contributed by atoms with E-state index in [0.717, 1.165) is 16.9 Å². The highest BCUT2D eigenvalue weighted by molar-refractivity contribution is 6.42. The second-order valence-electron chi connectivity index (χ2n) is 4.55. The van der Waals surface area contributed by atoms with E-state index < -0.39 is 0 Å². The number of benzene rings is 2. The number of nitrogens with one attached hydrogen (secondary N) is 1. The Morgan fingerprint density at radius 1 is 1.05 bits per heavy atom. The zero-order valence-electron chi connectivity index (χ0n) is 11.5. The van der Waals surface area contributed by atoms with Gasteiger partial charge in [-0.3, -0.25) is 4.79 Å². The third-order valence-corrected chi connectivity index (χ3v) is 3.74. The van der Waals surface area contributed by atoms with Gasteiger partial charge in [0.15, 0.2) is 0 Å². The fourth-order valence-electron chi connectivity index (χ4n) is 1.84. The summed E-state index contributed by atoms with van der Waals surface area (Å²) in [5.41, 5.74) is 1.84. The number of ether oxygens (including phenoxy) is 1. The summed E-state index contributed by atoms with van der Waals surface area (Å²) in [6, 6.07) is 12.7. The molecule has 0 unspecified atom stereocenters. The van der Waals surface area contributed by atoms with Crippen molar-refractivity contribution in [1.29, 1.82) is 0 Å². The Bertz CT molecular complexity index is 627. The van der Waals surface area contributed by atoms with E-state index in [1.165, 1.54) is 0 Å². The van der Waals surface area contributed by atoms with Gasteiger partial charge in [-0.1, -0.05) is 41.4 Å². The molecule has 0 aliphatic rings. The Morgan fingerprint density at radius 3 is 2.33 bits per heavy atom. The zero-order chi connectivity index (χ0) is 15.2. The van der Waals surface area contributed by atoms with Gasteiger partial charge in [-0.05, 0) is 35.4 Å². The van der Waals surface area contributed by atoms with Gasteiger partial charge in [0.05, 0.1) is 23.6 Å². The number of carbonyl (C=O) groups excluding carboxylic acids is 1. The van der Waals surface area contributed by atoms with Gasteiger partial charge in [0, 0.05) is 6.54 Å².